The van der Waals surface area contributed by atoms with Gasteiger partial charge in [0.1, 0.15) is 6.04 Å². The number of carbonyl (C=O) groups excluding carboxylic acids is 2. The van der Waals surface area contributed by atoms with Crippen molar-refractivity contribution in [2.45, 2.75) is 45.7 Å². The maximum atomic E-state index is 12.4. The summed E-state index contributed by atoms with van der Waals surface area (Å²) in [4.78, 5) is 26.2. The molecule has 0 unspecified atom stereocenters. The molecular formula is C16H23N3O2. The topological polar surface area (TPSA) is 61.4 Å². The standard InChI is InChI=1S/C16H23N3O2/c1-11(2)17-15(20)14-9-6-10-19(14)16(21)18-13-8-5-4-7-12(13)3/h4-5,7-8,11,14H,6,9-10H2,1-3H3,(H,17,20)(H,18,21)/t14-/m1/s1. The minimum absolute atomic E-state index is 0.0672. The van der Waals surface area contributed by atoms with Gasteiger partial charge in [-0.2, -0.15) is 0 Å². The highest BCUT2D eigenvalue weighted by Gasteiger charge is 2.34. The average Bonchev–Trinajstić information content (AvgIpc) is 2.90. The Hall–Kier alpha value is -2.04. The van der Waals surface area contributed by atoms with Gasteiger partial charge in [0.15, 0.2) is 0 Å². The Kier molecular flexibility index (Phi) is 4.83. The van der Waals surface area contributed by atoms with E-state index in [1.165, 1.54) is 0 Å². The summed E-state index contributed by atoms with van der Waals surface area (Å²) in [7, 11) is 0. The van der Waals surface area contributed by atoms with Gasteiger partial charge < -0.3 is 15.5 Å². The van der Waals surface area contributed by atoms with Crippen molar-refractivity contribution in [1.29, 1.82) is 0 Å². The normalized spacial score (nSPS) is 17.9. The molecule has 1 heterocycles. The van der Waals surface area contributed by atoms with Crippen molar-refractivity contribution in [3.63, 3.8) is 0 Å². The van der Waals surface area contributed by atoms with E-state index in [-0.39, 0.29) is 24.0 Å². The maximum Gasteiger partial charge on any atom is 0.322 e. The van der Waals surface area contributed by atoms with E-state index in [4.69, 9.17) is 0 Å². The summed E-state index contributed by atoms with van der Waals surface area (Å²) < 4.78 is 0. The number of anilines is 1. The molecule has 2 rings (SSSR count). The SMILES string of the molecule is Cc1ccccc1NC(=O)N1CCC[C@@H]1C(=O)NC(C)C. The second-order valence-corrected chi connectivity index (χ2v) is 5.76. The van der Waals surface area contributed by atoms with Crippen LogP contribution in [0.4, 0.5) is 10.5 Å². The van der Waals surface area contributed by atoms with Crippen LogP contribution in [0.5, 0.6) is 0 Å². The number of amides is 3. The summed E-state index contributed by atoms with van der Waals surface area (Å²) in [5.41, 5.74) is 1.80. The molecular weight excluding hydrogens is 266 g/mol. The van der Waals surface area contributed by atoms with E-state index < -0.39 is 0 Å². The van der Waals surface area contributed by atoms with E-state index >= 15 is 0 Å². The molecule has 21 heavy (non-hydrogen) atoms. The maximum absolute atomic E-state index is 12.4. The Morgan fingerprint density at radius 2 is 2.00 bits per heavy atom. The van der Waals surface area contributed by atoms with Gasteiger partial charge in [0.2, 0.25) is 5.91 Å². The molecule has 5 nitrogen and oxygen atoms in total. The highest BCUT2D eigenvalue weighted by molar-refractivity contribution is 5.94. The smallest absolute Gasteiger partial charge is 0.322 e. The summed E-state index contributed by atoms with van der Waals surface area (Å²) in [5, 5.41) is 5.78. The molecule has 0 saturated carbocycles. The van der Waals surface area contributed by atoms with Crippen LogP contribution in [0.1, 0.15) is 32.3 Å². The van der Waals surface area contributed by atoms with Crippen molar-refractivity contribution < 1.29 is 9.59 Å². The summed E-state index contributed by atoms with van der Waals surface area (Å²) in [6.45, 7) is 6.41. The van der Waals surface area contributed by atoms with Crippen LogP contribution in [0.15, 0.2) is 24.3 Å². The van der Waals surface area contributed by atoms with Crippen molar-refractivity contribution >= 4 is 17.6 Å². The number of hydrogen-bond donors (Lipinski definition) is 2. The first-order valence-corrected chi connectivity index (χ1v) is 7.42. The number of hydrogen-bond acceptors (Lipinski definition) is 2. The first kappa shape index (κ1) is 15.4. The first-order valence-electron chi connectivity index (χ1n) is 7.42. The fraction of sp³-hybridized carbons (Fsp3) is 0.500. The van der Waals surface area contributed by atoms with Crippen LogP contribution in [0.25, 0.3) is 0 Å². The van der Waals surface area contributed by atoms with E-state index in [2.05, 4.69) is 10.6 Å². The lowest BCUT2D eigenvalue weighted by Gasteiger charge is -2.25. The lowest BCUT2D eigenvalue weighted by atomic mass is 10.2. The molecule has 0 aliphatic carbocycles. The molecule has 2 N–H and O–H groups in total. The molecule has 5 heteroatoms. The zero-order valence-corrected chi connectivity index (χ0v) is 12.8. The van der Waals surface area contributed by atoms with Crippen LogP contribution in [-0.4, -0.2) is 35.5 Å². The molecule has 1 atom stereocenters. The fourth-order valence-electron chi connectivity index (χ4n) is 2.56. The highest BCUT2D eigenvalue weighted by Crippen LogP contribution is 2.20. The molecule has 114 valence electrons. The van der Waals surface area contributed by atoms with Crippen LogP contribution in [0.3, 0.4) is 0 Å². The Balaban J connectivity index is 2.04. The Bertz CT molecular complexity index is 528. The predicted octanol–water partition coefficient (Wildman–Crippen LogP) is 2.52. The minimum atomic E-state index is -0.364. The number of rotatable bonds is 3. The molecule has 1 aliphatic rings. The Labute approximate surface area is 125 Å². The van der Waals surface area contributed by atoms with Gasteiger partial charge in [0.05, 0.1) is 0 Å². The van der Waals surface area contributed by atoms with Crippen LogP contribution in [0, 0.1) is 6.92 Å². The number of carbonyl (C=O) groups is 2. The van der Waals surface area contributed by atoms with Gasteiger partial charge in [-0.25, -0.2) is 4.79 Å². The summed E-state index contributed by atoms with van der Waals surface area (Å²) in [6.07, 6.45) is 1.58. The van der Waals surface area contributed by atoms with Crippen molar-refractivity contribution in [1.82, 2.24) is 10.2 Å². The first-order chi connectivity index (χ1) is 9.99. The summed E-state index contributed by atoms with van der Waals surface area (Å²) in [5.74, 6) is -0.0672. The third-order valence-electron chi connectivity index (χ3n) is 3.63. The van der Waals surface area contributed by atoms with Crippen molar-refractivity contribution in [2.24, 2.45) is 0 Å². The van der Waals surface area contributed by atoms with E-state index in [9.17, 15) is 9.59 Å². The molecule has 0 bridgehead atoms. The zero-order chi connectivity index (χ0) is 15.4. The molecule has 1 aliphatic heterocycles. The average molecular weight is 289 g/mol. The quantitative estimate of drug-likeness (QED) is 0.898. The molecule has 1 fully saturated rings. The van der Waals surface area contributed by atoms with Crippen LogP contribution in [0.2, 0.25) is 0 Å². The van der Waals surface area contributed by atoms with Crippen LogP contribution >= 0.6 is 0 Å². The molecule has 3 amide bonds. The number of para-hydroxylation sites is 1. The summed E-state index contributed by atoms with van der Waals surface area (Å²) >= 11 is 0. The Morgan fingerprint density at radius 3 is 2.67 bits per heavy atom. The molecule has 1 aromatic rings. The molecule has 0 aromatic heterocycles. The Morgan fingerprint density at radius 1 is 1.29 bits per heavy atom. The van der Waals surface area contributed by atoms with Crippen LogP contribution in [-0.2, 0) is 4.79 Å². The van der Waals surface area contributed by atoms with Gasteiger partial charge in [-0.1, -0.05) is 18.2 Å². The van der Waals surface area contributed by atoms with Gasteiger partial charge >= 0.3 is 6.03 Å². The number of nitrogens with one attached hydrogen (secondary N) is 2. The molecule has 0 spiro atoms. The number of likely N-dealkylation sites (tertiary alicyclic amines) is 1. The van der Waals surface area contributed by atoms with E-state index in [1.807, 2.05) is 45.0 Å². The van der Waals surface area contributed by atoms with Gasteiger partial charge in [-0.15, -0.1) is 0 Å². The number of urea groups is 1. The fourth-order valence-corrected chi connectivity index (χ4v) is 2.56. The van der Waals surface area contributed by atoms with Gasteiger partial charge in [-0.3, -0.25) is 4.79 Å². The molecule has 1 aromatic carbocycles. The largest absolute Gasteiger partial charge is 0.352 e. The zero-order valence-electron chi connectivity index (χ0n) is 12.8. The van der Waals surface area contributed by atoms with Crippen molar-refractivity contribution in [3.8, 4) is 0 Å². The van der Waals surface area contributed by atoms with E-state index in [0.717, 1.165) is 24.1 Å². The monoisotopic (exact) mass is 289 g/mol. The molecule has 1 saturated heterocycles. The van der Waals surface area contributed by atoms with E-state index in [1.54, 1.807) is 4.90 Å². The van der Waals surface area contributed by atoms with E-state index in [0.29, 0.717) is 6.54 Å². The van der Waals surface area contributed by atoms with Crippen molar-refractivity contribution in [3.05, 3.63) is 29.8 Å². The third-order valence-corrected chi connectivity index (χ3v) is 3.63. The lowest BCUT2D eigenvalue weighted by molar-refractivity contribution is -0.125. The van der Waals surface area contributed by atoms with Gasteiger partial charge in [-0.05, 0) is 45.2 Å². The number of nitrogens with zero attached hydrogens (tertiary/aromatic N) is 1. The lowest BCUT2D eigenvalue weighted by Crippen LogP contribution is -2.49. The molecule has 0 radical (unpaired) electrons. The second kappa shape index (κ2) is 6.61. The minimum Gasteiger partial charge on any atom is -0.352 e. The second-order valence-electron chi connectivity index (χ2n) is 5.76. The van der Waals surface area contributed by atoms with Gasteiger partial charge in [0.25, 0.3) is 0 Å². The van der Waals surface area contributed by atoms with Gasteiger partial charge in [0, 0.05) is 18.3 Å². The van der Waals surface area contributed by atoms with Crippen LogP contribution < -0.4 is 10.6 Å². The van der Waals surface area contributed by atoms with Crippen molar-refractivity contribution in [2.75, 3.05) is 11.9 Å². The summed E-state index contributed by atoms with van der Waals surface area (Å²) in [6, 6.07) is 7.14. The number of aryl methyl sites for hydroxylation is 1. The third kappa shape index (κ3) is 3.74. The highest BCUT2D eigenvalue weighted by atomic mass is 16.2. The predicted molar refractivity (Wildman–Crippen MR) is 83.2 cm³/mol. The number of benzene rings is 1.